The second-order valence-corrected chi connectivity index (χ2v) is 3.81. The smallest absolute Gasteiger partial charge is 0.0398 e. The van der Waals surface area contributed by atoms with Crippen molar-refractivity contribution in [2.24, 2.45) is 0 Å². The Hall–Kier alpha value is -1.56. The van der Waals surface area contributed by atoms with Gasteiger partial charge in [0.25, 0.3) is 0 Å². The second kappa shape index (κ2) is 6.02. The van der Waals surface area contributed by atoms with Crippen LogP contribution >= 0.6 is 0 Å². The minimum absolute atomic E-state index is 1.32. The van der Waals surface area contributed by atoms with Gasteiger partial charge in [0.1, 0.15) is 0 Å². The number of rotatable bonds is 0. The van der Waals surface area contributed by atoms with Crippen LogP contribution in [0.1, 0.15) is 16.7 Å². The van der Waals surface area contributed by atoms with Gasteiger partial charge in [-0.15, -0.1) is 0 Å². The third kappa shape index (κ3) is 5.02. The van der Waals surface area contributed by atoms with Gasteiger partial charge in [0.2, 0.25) is 0 Å². The number of benzene rings is 2. The Balaban J connectivity index is 0.000000151. The zero-order valence-electron chi connectivity index (χ0n) is 9.70. The molecule has 2 aromatic rings. The van der Waals surface area contributed by atoms with Crippen molar-refractivity contribution in [3.8, 4) is 0 Å². The molecule has 0 aliphatic heterocycles. The Morgan fingerprint density at radius 3 is 1.27 bits per heavy atom. The molecular weight excluding hydrogens is 180 g/mol. The Kier molecular flexibility index (Phi) is 4.62. The van der Waals surface area contributed by atoms with Crippen molar-refractivity contribution in [1.82, 2.24) is 0 Å². The highest BCUT2D eigenvalue weighted by molar-refractivity contribution is 5.20. The van der Waals surface area contributed by atoms with E-state index in [0.29, 0.717) is 0 Å². The van der Waals surface area contributed by atoms with E-state index in [9.17, 15) is 0 Å². The molecule has 0 nitrogen and oxygen atoms in total. The van der Waals surface area contributed by atoms with Gasteiger partial charge in [-0.25, -0.2) is 0 Å². The van der Waals surface area contributed by atoms with E-state index in [0.717, 1.165) is 0 Å². The van der Waals surface area contributed by atoms with Crippen molar-refractivity contribution in [3.63, 3.8) is 0 Å². The minimum atomic E-state index is 1.32. The standard InChI is InChI=1S/C8H10.C7H8/c1-7-4-3-5-8(2)6-7;1-7-5-3-2-4-6-7/h3-6H,1-2H3;2-6H,1H3. The number of aryl methyl sites for hydroxylation is 3. The van der Waals surface area contributed by atoms with E-state index < -0.39 is 0 Å². The molecule has 2 aromatic carbocycles. The highest BCUT2D eigenvalue weighted by Gasteiger charge is 1.80. The van der Waals surface area contributed by atoms with Crippen LogP contribution in [0.5, 0.6) is 0 Å². The lowest BCUT2D eigenvalue weighted by Gasteiger charge is -1.90. The molecule has 0 aromatic heterocycles. The predicted molar refractivity (Wildman–Crippen MR) is 67.1 cm³/mol. The van der Waals surface area contributed by atoms with Crippen LogP contribution < -0.4 is 0 Å². The highest BCUT2D eigenvalue weighted by atomic mass is 13.9. The molecule has 0 amide bonds. The SMILES string of the molecule is Cc1cccc(C)c1.Cc1ccccc1. The summed E-state index contributed by atoms with van der Waals surface area (Å²) in [6.45, 7) is 6.29. The van der Waals surface area contributed by atoms with Crippen molar-refractivity contribution in [2.75, 3.05) is 0 Å². The topological polar surface area (TPSA) is 0 Å². The molecule has 0 aliphatic carbocycles. The quantitative estimate of drug-likeness (QED) is 0.592. The monoisotopic (exact) mass is 198 g/mol. The normalized spacial score (nSPS) is 9.00. The van der Waals surface area contributed by atoms with E-state index in [1.807, 2.05) is 18.2 Å². The van der Waals surface area contributed by atoms with Gasteiger partial charge in [0.15, 0.2) is 0 Å². The largest absolute Gasteiger partial charge is 0.0622 e. The van der Waals surface area contributed by atoms with Crippen LogP contribution in [0.25, 0.3) is 0 Å². The third-order valence-electron chi connectivity index (χ3n) is 2.11. The highest BCUT2D eigenvalue weighted by Crippen LogP contribution is 2.00. The summed E-state index contributed by atoms with van der Waals surface area (Å²) in [6.07, 6.45) is 0. The Labute approximate surface area is 92.6 Å². The van der Waals surface area contributed by atoms with Crippen LogP contribution in [0.4, 0.5) is 0 Å². The average molecular weight is 198 g/mol. The lowest BCUT2D eigenvalue weighted by molar-refractivity contribution is 1.39. The van der Waals surface area contributed by atoms with Gasteiger partial charge >= 0.3 is 0 Å². The molecule has 0 N–H and O–H groups in total. The molecular formula is C15H18. The molecule has 15 heavy (non-hydrogen) atoms. The van der Waals surface area contributed by atoms with E-state index in [4.69, 9.17) is 0 Å². The zero-order valence-corrected chi connectivity index (χ0v) is 9.70. The van der Waals surface area contributed by atoms with E-state index >= 15 is 0 Å². The summed E-state index contributed by atoms with van der Waals surface area (Å²) >= 11 is 0. The van der Waals surface area contributed by atoms with Crippen LogP contribution in [0.15, 0.2) is 54.6 Å². The van der Waals surface area contributed by atoms with Crippen LogP contribution in [0, 0.1) is 20.8 Å². The fourth-order valence-corrected chi connectivity index (χ4v) is 1.34. The van der Waals surface area contributed by atoms with Crippen LogP contribution in [-0.2, 0) is 0 Å². The Bertz CT molecular complexity index is 371. The van der Waals surface area contributed by atoms with Gasteiger partial charge in [-0.05, 0) is 20.8 Å². The summed E-state index contributed by atoms with van der Waals surface area (Å²) in [4.78, 5) is 0. The predicted octanol–water partition coefficient (Wildman–Crippen LogP) is 4.30. The van der Waals surface area contributed by atoms with Gasteiger partial charge in [-0.3, -0.25) is 0 Å². The molecule has 0 fully saturated rings. The summed E-state index contributed by atoms with van der Waals surface area (Å²) in [7, 11) is 0. The molecule has 2 rings (SSSR count). The molecule has 0 heterocycles. The van der Waals surface area contributed by atoms with Gasteiger partial charge in [-0.1, -0.05) is 71.3 Å². The maximum absolute atomic E-state index is 2.17. The van der Waals surface area contributed by atoms with Crippen LogP contribution in [0.3, 0.4) is 0 Å². The first-order valence-electron chi connectivity index (χ1n) is 5.23. The van der Waals surface area contributed by atoms with Gasteiger partial charge in [0.05, 0.1) is 0 Å². The first-order chi connectivity index (χ1) is 7.18. The van der Waals surface area contributed by atoms with Crippen molar-refractivity contribution < 1.29 is 0 Å². The van der Waals surface area contributed by atoms with Crippen molar-refractivity contribution >= 4 is 0 Å². The van der Waals surface area contributed by atoms with Crippen LogP contribution in [-0.4, -0.2) is 0 Å². The van der Waals surface area contributed by atoms with Crippen LogP contribution in [0.2, 0.25) is 0 Å². The lowest BCUT2D eigenvalue weighted by Crippen LogP contribution is -1.71. The molecule has 0 atom stereocenters. The summed E-state index contributed by atoms with van der Waals surface area (Å²) in [5.74, 6) is 0. The van der Waals surface area contributed by atoms with Crippen molar-refractivity contribution in [2.45, 2.75) is 20.8 Å². The van der Waals surface area contributed by atoms with E-state index in [1.165, 1.54) is 16.7 Å². The Morgan fingerprint density at radius 1 is 0.533 bits per heavy atom. The van der Waals surface area contributed by atoms with E-state index in [-0.39, 0.29) is 0 Å². The number of hydrogen-bond donors (Lipinski definition) is 0. The fraction of sp³-hybridized carbons (Fsp3) is 0.200. The maximum Gasteiger partial charge on any atom is -0.0398 e. The Morgan fingerprint density at radius 2 is 1.00 bits per heavy atom. The van der Waals surface area contributed by atoms with E-state index in [1.54, 1.807) is 0 Å². The minimum Gasteiger partial charge on any atom is -0.0622 e. The summed E-state index contributed by atoms with van der Waals surface area (Å²) in [5.41, 5.74) is 4.00. The van der Waals surface area contributed by atoms with Gasteiger partial charge in [-0.2, -0.15) is 0 Å². The van der Waals surface area contributed by atoms with Crippen molar-refractivity contribution in [1.29, 1.82) is 0 Å². The second-order valence-electron chi connectivity index (χ2n) is 3.81. The summed E-state index contributed by atoms with van der Waals surface area (Å²) < 4.78 is 0. The first kappa shape index (κ1) is 11.5. The molecule has 0 spiro atoms. The van der Waals surface area contributed by atoms with Gasteiger partial charge in [0, 0.05) is 0 Å². The molecule has 0 unspecified atom stereocenters. The van der Waals surface area contributed by atoms with E-state index in [2.05, 4.69) is 57.2 Å². The zero-order chi connectivity index (χ0) is 11.1. The maximum atomic E-state index is 2.17. The molecule has 78 valence electrons. The summed E-state index contributed by atoms with van der Waals surface area (Å²) in [6, 6.07) is 18.7. The molecule has 0 saturated carbocycles. The fourth-order valence-electron chi connectivity index (χ4n) is 1.34. The molecule has 0 heteroatoms. The molecule has 0 radical (unpaired) electrons. The average Bonchev–Trinajstić information content (AvgIpc) is 2.19. The third-order valence-corrected chi connectivity index (χ3v) is 2.11. The molecule has 0 saturated heterocycles. The van der Waals surface area contributed by atoms with Gasteiger partial charge < -0.3 is 0 Å². The summed E-state index contributed by atoms with van der Waals surface area (Å²) in [5, 5.41) is 0. The number of hydrogen-bond acceptors (Lipinski definition) is 0. The van der Waals surface area contributed by atoms with Crippen molar-refractivity contribution in [3.05, 3.63) is 71.3 Å². The first-order valence-corrected chi connectivity index (χ1v) is 5.23. The molecule has 0 aliphatic rings. The molecule has 0 bridgehead atoms. The lowest BCUT2D eigenvalue weighted by atomic mass is 10.2.